The molecule has 136 valence electrons. The molecular formula is C17H25Cl3N2O2. The number of carbonyl (C=O) groups is 1. The Hall–Kier alpha value is -0.680. The van der Waals surface area contributed by atoms with Crippen molar-refractivity contribution in [2.45, 2.75) is 32.3 Å². The highest BCUT2D eigenvalue weighted by molar-refractivity contribution is 6.42. The third kappa shape index (κ3) is 5.69. The first-order chi connectivity index (χ1) is 11.0. The average molecular weight is 396 g/mol. The number of halogens is 3. The van der Waals surface area contributed by atoms with E-state index in [9.17, 15) is 4.79 Å². The number of carbonyl (C=O) groups excluding carboxylic acids is 1. The van der Waals surface area contributed by atoms with E-state index in [-0.39, 0.29) is 18.3 Å². The summed E-state index contributed by atoms with van der Waals surface area (Å²) in [7, 11) is 1.97. The molecule has 0 radical (unpaired) electrons. The maximum atomic E-state index is 12.5. The Morgan fingerprint density at radius 1 is 1.38 bits per heavy atom. The maximum Gasteiger partial charge on any atom is 0.263 e. The van der Waals surface area contributed by atoms with E-state index in [1.807, 2.05) is 11.9 Å². The molecule has 1 aliphatic rings. The summed E-state index contributed by atoms with van der Waals surface area (Å²) in [5.41, 5.74) is 0. The molecule has 0 aromatic heterocycles. The van der Waals surface area contributed by atoms with E-state index in [4.69, 9.17) is 27.9 Å². The Labute approximate surface area is 160 Å². The number of benzene rings is 1. The predicted molar refractivity (Wildman–Crippen MR) is 102 cm³/mol. The van der Waals surface area contributed by atoms with Crippen LogP contribution >= 0.6 is 35.6 Å². The fourth-order valence-corrected chi connectivity index (χ4v) is 3.20. The molecule has 1 atom stereocenters. The molecule has 1 aromatic rings. The van der Waals surface area contributed by atoms with Gasteiger partial charge >= 0.3 is 0 Å². The van der Waals surface area contributed by atoms with Gasteiger partial charge in [-0.25, -0.2) is 0 Å². The SMILES string of the molecule is CNCCC1CCN(C(=O)C(C)Oc2cccc(Cl)c2Cl)CC1.Cl. The normalized spacial score (nSPS) is 16.4. The quantitative estimate of drug-likeness (QED) is 0.790. The maximum absolute atomic E-state index is 12.5. The molecule has 1 fully saturated rings. The Kier molecular flexibility index (Phi) is 9.21. The summed E-state index contributed by atoms with van der Waals surface area (Å²) in [5, 5.41) is 3.95. The Bertz CT molecular complexity index is 535. The van der Waals surface area contributed by atoms with Gasteiger partial charge in [-0.3, -0.25) is 4.79 Å². The average Bonchev–Trinajstić information content (AvgIpc) is 2.57. The summed E-state index contributed by atoms with van der Waals surface area (Å²) in [5.74, 6) is 1.15. The van der Waals surface area contributed by atoms with E-state index in [2.05, 4.69) is 5.32 Å². The van der Waals surface area contributed by atoms with Gasteiger partial charge in [0.15, 0.2) is 6.10 Å². The molecule has 2 rings (SSSR count). The first-order valence-electron chi connectivity index (χ1n) is 8.07. The second kappa shape index (κ2) is 10.3. The van der Waals surface area contributed by atoms with Crippen molar-refractivity contribution in [3.63, 3.8) is 0 Å². The van der Waals surface area contributed by atoms with Crippen LogP contribution < -0.4 is 10.1 Å². The monoisotopic (exact) mass is 394 g/mol. The molecule has 1 saturated heterocycles. The van der Waals surface area contributed by atoms with E-state index >= 15 is 0 Å². The van der Waals surface area contributed by atoms with Gasteiger partial charge in [0, 0.05) is 13.1 Å². The van der Waals surface area contributed by atoms with E-state index in [1.54, 1.807) is 25.1 Å². The van der Waals surface area contributed by atoms with Gasteiger partial charge in [0.2, 0.25) is 0 Å². The Morgan fingerprint density at radius 2 is 2.04 bits per heavy atom. The van der Waals surface area contributed by atoms with E-state index < -0.39 is 6.10 Å². The lowest BCUT2D eigenvalue weighted by Gasteiger charge is -2.33. The molecule has 1 aromatic carbocycles. The van der Waals surface area contributed by atoms with Gasteiger partial charge in [-0.2, -0.15) is 0 Å². The standard InChI is InChI=1S/C17H24Cl2N2O2.ClH/c1-12(23-15-5-3-4-14(18)16(15)19)17(22)21-10-7-13(8-11-21)6-9-20-2;/h3-5,12-13,20H,6-11H2,1-2H3;1H. The summed E-state index contributed by atoms with van der Waals surface area (Å²) in [6.45, 7) is 4.38. The van der Waals surface area contributed by atoms with Gasteiger partial charge in [-0.1, -0.05) is 29.3 Å². The van der Waals surface area contributed by atoms with Crippen molar-refractivity contribution in [1.82, 2.24) is 10.2 Å². The van der Waals surface area contributed by atoms with Crippen LogP contribution in [0.15, 0.2) is 18.2 Å². The van der Waals surface area contributed by atoms with Crippen molar-refractivity contribution in [2.24, 2.45) is 5.92 Å². The summed E-state index contributed by atoms with van der Waals surface area (Å²) < 4.78 is 5.72. The minimum absolute atomic E-state index is 0. The number of nitrogens with one attached hydrogen (secondary N) is 1. The van der Waals surface area contributed by atoms with Gasteiger partial charge in [0.05, 0.1) is 5.02 Å². The highest BCUT2D eigenvalue weighted by Gasteiger charge is 2.27. The van der Waals surface area contributed by atoms with Gasteiger partial charge in [0.1, 0.15) is 10.8 Å². The largest absolute Gasteiger partial charge is 0.479 e. The van der Waals surface area contributed by atoms with Crippen molar-refractivity contribution in [1.29, 1.82) is 0 Å². The molecule has 1 heterocycles. The van der Waals surface area contributed by atoms with Crippen molar-refractivity contribution in [3.8, 4) is 5.75 Å². The van der Waals surface area contributed by atoms with E-state index in [0.717, 1.165) is 32.5 Å². The van der Waals surface area contributed by atoms with Crippen LogP contribution in [-0.4, -0.2) is 43.6 Å². The zero-order chi connectivity index (χ0) is 16.8. The van der Waals surface area contributed by atoms with Crippen molar-refractivity contribution < 1.29 is 9.53 Å². The number of hydrogen-bond donors (Lipinski definition) is 1. The van der Waals surface area contributed by atoms with E-state index in [1.165, 1.54) is 6.42 Å². The number of hydrogen-bond acceptors (Lipinski definition) is 3. The Balaban J connectivity index is 0.00000288. The third-order valence-electron chi connectivity index (χ3n) is 4.30. The molecule has 4 nitrogen and oxygen atoms in total. The number of rotatable bonds is 6. The molecule has 7 heteroatoms. The Morgan fingerprint density at radius 3 is 2.67 bits per heavy atom. The first kappa shape index (κ1) is 21.4. The summed E-state index contributed by atoms with van der Waals surface area (Å²) in [6.07, 6.45) is 2.71. The molecule has 1 N–H and O–H groups in total. The molecule has 1 aliphatic heterocycles. The van der Waals surface area contributed by atoms with Gasteiger partial charge in [0.25, 0.3) is 5.91 Å². The number of amides is 1. The van der Waals surface area contributed by atoms with E-state index in [0.29, 0.717) is 21.7 Å². The number of ether oxygens (including phenoxy) is 1. The van der Waals surface area contributed by atoms with Gasteiger partial charge in [-0.05, 0) is 57.8 Å². The lowest BCUT2D eigenvalue weighted by atomic mass is 9.93. The molecular weight excluding hydrogens is 371 g/mol. The van der Waals surface area contributed by atoms with Crippen molar-refractivity contribution >= 4 is 41.5 Å². The van der Waals surface area contributed by atoms with Gasteiger partial charge in [-0.15, -0.1) is 12.4 Å². The van der Waals surface area contributed by atoms with Crippen LogP contribution in [0.3, 0.4) is 0 Å². The minimum Gasteiger partial charge on any atom is -0.479 e. The molecule has 0 saturated carbocycles. The van der Waals surface area contributed by atoms with Crippen LogP contribution in [0, 0.1) is 5.92 Å². The highest BCUT2D eigenvalue weighted by atomic mass is 35.5. The summed E-state index contributed by atoms with van der Waals surface area (Å²) in [6, 6.07) is 5.18. The minimum atomic E-state index is -0.570. The van der Waals surface area contributed by atoms with Crippen LogP contribution in [0.4, 0.5) is 0 Å². The smallest absolute Gasteiger partial charge is 0.263 e. The fourth-order valence-electron chi connectivity index (χ4n) is 2.86. The van der Waals surface area contributed by atoms with Crippen molar-refractivity contribution in [2.75, 3.05) is 26.7 Å². The first-order valence-corrected chi connectivity index (χ1v) is 8.82. The number of nitrogens with zero attached hydrogens (tertiary/aromatic N) is 1. The summed E-state index contributed by atoms with van der Waals surface area (Å²) >= 11 is 12.1. The zero-order valence-electron chi connectivity index (χ0n) is 14.1. The third-order valence-corrected chi connectivity index (χ3v) is 5.10. The van der Waals surface area contributed by atoms with Crippen molar-refractivity contribution in [3.05, 3.63) is 28.2 Å². The molecule has 0 aliphatic carbocycles. The second-order valence-electron chi connectivity index (χ2n) is 5.97. The zero-order valence-corrected chi connectivity index (χ0v) is 16.4. The molecule has 0 bridgehead atoms. The van der Waals surface area contributed by atoms with Gasteiger partial charge < -0.3 is 15.0 Å². The lowest BCUT2D eigenvalue weighted by molar-refractivity contribution is -0.139. The topological polar surface area (TPSA) is 41.6 Å². The predicted octanol–water partition coefficient (Wildman–Crippen LogP) is 4.03. The van der Waals surface area contributed by atoms with Crippen LogP contribution in [0.2, 0.25) is 10.0 Å². The van der Waals surface area contributed by atoms with Crippen LogP contribution in [-0.2, 0) is 4.79 Å². The molecule has 0 spiro atoms. The van der Waals surface area contributed by atoms with Crippen LogP contribution in [0.5, 0.6) is 5.75 Å². The molecule has 1 unspecified atom stereocenters. The van der Waals surface area contributed by atoms with Crippen LogP contribution in [0.25, 0.3) is 0 Å². The highest BCUT2D eigenvalue weighted by Crippen LogP contribution is 2.32. The lowest BCUT2D eigenvalue weighted by Crippen LogP contribution is -2.45. The van der Waals surface area contributed by atoms with Crippen LogP contribution in [0.1, 0.15) is 26.2 Å². The summed E-state index contributed by atoms with van der Waals surface area (Å²) in [4.78, 5) is 14.4. The number of likely N-dealkylation sites (tertiary alicyclic amines) is 1. The molecule has 24 heavy (non-hydrogen) atoms. The number of piperidine rings is 1. The molecule has 1 amide bonds. The second-order valence-corrected chi connectivity index (χ2v) is 6.76. The fraction of sp³-hybridized carbons (Fsp3) is 0.588.